The van der Waals surface area contributed by atoms with E-state index in [0.29, 0.717) is 5.92 Å². The van der Waals surface area contributed by atoms with Gasteiger partial charge in [0.2, 0.25) is 0 Å². The molecule has 1 heteroatoms. The van der Waals surface area contributed by atoms with Crippen LogP contribution in [0, 0.1) is 5.92 Å². The Morgan fingerprint density at radius 1 is 0.818 bits per heavy atom. The Kier molecular flexibility index (Phi) is 3.59. The summed E-state index contributed by atoms with van der Waals surface area (Å²) in [6, 6.07) is 0. The van der Waals surface area contributed by atoms with Crippen LogP contribution < -0.4 is 0 Å². The third kappa shape index (κ3) is 1.59. The van der Waals surface area contributed by atoms with E-state index in [9.17, 15) is 0 Å². The van der Waals surface area contributed by atoms with Gasteiger partial charge in [0.25, 0.3) is 0 Å². The number of hydrogen-bond acceptors (Lipinski definition) is 0. The van der Waals surface area contributed by atoms with Gasteiger partial charge in [0.1, 0.15) is 0 Å². The van der Waals surface area contributed by atoms with E-state index in [2.05, 4.69) is 34.6 Å². The molecule has 0 saturated carbocycles. The van der Waals surface area contributed by atoms with E-state index in [1.165, 1.54) is 11.1 Å². The van der Waals surface area contributed by atoms with Crippen molar-refractivity contribution in [1.82, 2.24) is 0 Å². The van der Waals surface area contributed by atoms with Gasteiger partial charge in [-0.15, -0.1) is 0 Å². The van der Waals surface area contributed by atoms with Crippen LogP contribution in [-0.4, -0.2) is 0 Å². The molecule has 0 amide bonds. The zero-order valence-corrected chi connectivity index (χ0v) is 8.95. The number of hydrogen-bond donors (Lipinski definition) is 0. The molecule has 0 nitrogen and oxygen atoms in total. The fourth-order valence-electron chi connectivity index (χ4n) is 1.57. The first-order chi connectivity index (χ1) is 4.55. The van der Waals surface area contributed by atoms with Crippen molar-refractivity contribution in [1.29, 1.82) is 0 Å². The molecule has 0 atom stereocenters. The van der Waals surface area contributed by atoms with Gasteiger partial charge < -0.3 is 0 Å². The first kappa shape index (κ1) is 11.0. The SMILES string of the molecule is CC1=C(C)C(C)C(C)=C1C.[Co]. The van der Waals surface area contributed by atoms with Crippen LogP contribution in [-0.2, 0) is 16.8 Å². The van der Waals surface area contributed by atoms with Gasteiger partial charge in [-0.1, -0.05) is 18.1 Å². The van der Waals surface area contributed by atoms with E-state index < -0.39 is 0 Å². The molecule has 0 spiro atoms. The molecule has 0 aromatic carbocycles. The summed E-state index contributed by atoms with van der Waals surface area (Å²) in [7, 11) is 0. The fraction of sp³-hybridized carbons (Fsp3) is 0.600. The van der Waals surface area contributed by atoms with Crippen molar-refractivity contribution < 1.29 is 16.8 Å². The first-order valence-corrected chi connectivity index (χ1v) is 3.90. The topological polar surface area (TPSA) is 0 Å². The molecule has 0 heterocycles. The van der Waals surface area contributed by atoms with Crippen molar-refractivity contribution in [2.24, 2.45) is 5.92 Å². The van der Waals surface area contributed by atoms with Crippen molar-refractivity contribution in [3.8, 4) is 0 Å². The van der Waals surface area contributed by atoms with E-state index in [1.807, 2.05) is 0 Å². The van der Waals surface area contributed by atoms with E-state index in [4.69, 9.17) is 0 Å². The Morgan fingerprint density at radius 2 is 1.09 bits per heavy atom. The maximum absolute atomic E-state index is 2.28. The molecule has 0 unspecified atom stereocenters. The average Bonchev–Trinajstić information content (AvgIpc) is 2.07. The minimum atomic E-state index is 0. The molecule has 1 rings (SSSR count). The monoisotopic (exact) mass is 195 g/mol. The third-order valence-corrected chi connectivity index (χ3v) is 3.04. The van der Waals surface area contributed by atoms with Gasteiger partial charge in [-0.3, -0.25) is 0 Å². The van der Waals surface area contributed by atoms with E-state index in [-0.39, 0.29) is 16.8 Å². The van der Waals surface area contributed by atoms with Gasteiger partial charge in [-0.2, -0.15) is 0 Å². The number of rotatable bonds is 0. The van der Waals surface area contributed by atoms with E-state index >= 15 is 0 Å². The molecular weight excluding hydrogens is 179 g/mol. The van der Waals surface area contributed by atoms with Crippen LogP contribution in [0.5, 0.6) is 0 Å². The van der Waals surface area contributed by atoms with Gasteiger partial charge in [-0.25, -0.2) is 0 Å². The summed E-state index contributed by atoms with van der Waals surface area (Å²) in [5.41, 5.74) is 6.11. The molecule has 0 aromatic heterocycles. The van der Waals surface area contributed by atoms with Crippen LogP contribution >= 0.6 is 0 Å². The largest absolute Gasteiger partial charge is 0.0632 e. The second-order valence-electron chi connectivity index (χ2n) is 3.34. The van der Waals surface area contributed by atoms with Crippen LogP contribution in [0.3, 0.4) is 0 Å². The molecule has 0 aliphatic heterocycles. The molecule has 1 radical (unpaired) electrons. The van der Waals surface area contributed by atoms with Crippen molar-refractivity contribution in [3.05, 3.63) is 22.3 Å². The van der Waals surface area contributed by atoms with Crippen molar-refractivity contribution in [2.75, 3.05) is 0 Å². The Morgan fingerprint density at radius 3 is 1.18 bits per heavy atom. The minimum Gasteiger partial charge on any atom is -0.0632 e. The van der Waals surface area contributed by atoms with Crippen LogP contribution in [0.15, 0.2) is 22.3 Å². The standard InChI is InChI=1S/C10H16.Co/c1-6-7(2)9(4)10(5)8(6)3;/h6H,1-5H3;. The quantitative estimate of drug-likeness (QED) is 0.556. The molecule has 0 bridgehead atoms. The van der Waals surface area contributed by atoms with E-state index in [0.717, 1.165) is 0 Å². The number of allylic oxidation sites excluding steroid dienone is 4. The maximum Gasteiger partial charge on any atom is 0 e. The Labute approximate surface area is 80.0 Å². The van der Waals surface area contributed by atoms with Gasteiger partial charge in [-0.05, 0) is 44.8 Å². The third-order valence-electron chi connectivity index (χ3n) is 3.04. The Balaban J connectivity index is 0.000001000. The summed E-state index contributed by atoms with van der Waals surface area (Å²) in [6.45, 7) is 11.2. The second-order valence-corrected chi connectivity index (χ2v) is 3.34. The van der Waals surface area contributed by atoms with Gasteiger partial charge in [0.05, 0.1) is 0 Å². The maximum atomic E-state index is 2.28. The molecule has 0 saturated heterocycles. The summed E-state index contributed by atoms with van der Waals surface area (Å²) in [4.78, 5) is 0. The smallest absolute Gasteiger partial charge is 0 e. The van der Waals surface area contributed by atoms with Crippen LogP contribution in [0.4, 0.5) is 0 Å². The summed E-state index contributed by atoms with van der Waals surface area (Å²) in [5, 5.41) is 0. The zero-order valence-electron chi connectivity index (χ0n) is 7.91. The summed E-state index contributed by atoms with van der Waals surface area (Å²) >= 11 is 0. The summed E-state index contributed by atoms with van der Waals surface area (Å²) < 4.78 is 0. The van der Waals surface area contributed by atoms with Gasteiger partial charge in [0.15, 0.2) is 0 Å². The Hall–Kier alpha value is -0.0135. The Bertz CT molecular complexity index is 197. The van der Waals surface area contributed by atoms with Gasteiger partial charge in [0, 0.05) is 16.8 Å². The molecule has 65 valence electrons. The van der Waals surface area contributed by atoms with Crippen LogP contribution in [0.2, 0.25) is 0 Å². The second kappa shape index (κ2) is 3.59. The molecule has 1 aliphatic rings. The molecule has 1 aliphatic carbocycles. The van der Waals surface area contributed by atoms with Crippen molar-refractivity contribution in [2.45, 2.75) is 34.6 Å². The normalized spacial score (nSPS) is 19.4. The molecule has 0 aromatic rings. The van der Waals surface area contributed by atoms with Crippen molar-refractivity contribution >= 4 is 0 Å². The molecule has 0 fully saturated rings. The van der Waals surface area contributed by atoms with Gasteiger partial charge >= 0.3 is 0 Å². The molecule has 11 heavy (non-hydrogen) atoms. The first-order valence-electron chi connectivity index (χ1n) is 3.90. The predicted molar refractivity (Wildman–Crippen MR) is 45.9 cm³/mol. The van der Waals surface area contributed by atoms with Crippen molar-refractivity contribution in [3.63, 3.8) is 0 Å². The van der Waals surface area contributed by atoms with E-state index in [1.54, 1.807) is 11.1 Å². The minimum absolute atomic E-state index is 0. The predicted octanol–water partition coefficient (Wildman–Crippen LogP) is 3.31. The fourth-order valence-corrected chi connectivity index (χ4v) is 1.57. The zero-order chi connectivity index (χ0) is 7.89. The summed E-state index contributed by atoms with van der Waals surface area (Å²) in [5.74, 6) is 0.694. The average molecular weight is 195 g/mol. The molecular formula is C10H16Co. The summed E-state index contributed by atoms with van der Waals surface area (Å²) in [6.07, 6.45) is 0. The van der Waals surface area contributed by atoms with Crippen LogP contribution in [0.25, 0.3) is 0 Å². The molecule has 0 N–H and O–H groups in total. The van der Waals surface area contributed by atoms with Crippen LogP contribution in [0.1, 0.15) is 34.6 Å².